The van der Waals surface area contributed by atoms with Gasteiger partial charge < -0.3 is 0 Å². The normalized spacial score (nSPS) is 14.6. The van der Waals surface area contributed by atoms with Gasteiger partial charge in [-0.3, -0.25) is 5.32 Å². The third-order valence-corrected chi connectivity index (χ3v) is 0.745. The molecule has 0 saturated carbocycles. The predicted molar refractivity (Wildman–Crippen MR) is 24.5 cm³/mol. The van der Waals surface area contributed by atoms with Crippen molar-refractivity contribution in [1.29, 1.82) is 5.26 Å². The van der Waals surface area contributed by atoms with E-state index >= 15 is 0 Å². The first-order valence-electron chi connectivity index (χ1n) is 2.16. The molecule has 0 aromatic rings. The highest BCUT2D eigenvalue weighted by atomic mass is 19.4. The van der Waals surface area contributed by atoms with E-state index in [9.17, 15) is 13.2 Å². The molecular formula is C4H5F3N2. The zero-order valence-corrected chi connectivity index (χ0v) is 4.66. The maximum atomic E-state index is 11.4. The van der Waals surface area contributed by atoms with Gasteiger partial charge in [0.05, 0.1) is 6.07 Å². The van der Waals surface area contributed by atoms with Gasteiger partial charge in [-0.05, 0) is 7.05 Å². The third-order valence-electron chi connectivity index (χ3n) is 0.745. The van der Waals surface area contributed by atoms with E-state index in [-0.39, 0.29) is 0 Å². The zero-order valence-electron chi connectivity index (χ0n) is 4.66. The predicted octanol–water partition coefficient (Wildman–Crippen LogP) is 0.660. The van der Waals surface area contributed by atoms with Crippen LogP contribution in [-0.4, -0.2) is 19.3 Å². The molecule has 0 aliphatic heterocycles. The number of nitriles is 1. The van der Waals surface area contributed by atoms with Crippen molar-refractivity contribution in [2.75, 3.05) is 7.05 Å². The molecule has 0 saturated heterocycles. The van der Waals surface area contributed by atoms with Crippen LogP contribution in [0.2, 0.25) is 0 Å². The molecule has 52 valence electrons. The number of alkyl halides is 3. The van der Waals surface area contributed by atoms with Gasteiger partial charge in [-0.2, -0.15) is 18.4 Å². The van der Waals surface area contributed by atoms with Crippen LogP contribution in [0.3, 0.4) is 0 Å². The van der Waals surface area contributed by atoms with E-state index in [4.69, 9.17) is 5.26 Å². The summed E-state index contributed by atoms with van der Waals surface area (Å²) >= 11 is 0. The van der Waals surface area contributed by atoms with Crippen LogP contribution in [0.1, 0.15) is 0 Å². The van der Waals surface area contributed by atoms with Crippen molar-refractivity contribution in [2.24, 2.45) is 0 Å². The van der Waals surface area contributed by atoms with Gasteiger partial charge in [0.2, 0.25) is 0 Å². The van der Waals surface area contributed by atoms with E-state index in [1.807, 2.05) is 0 Å². The lowest BCUT2D eigenvalue weighted by atomic mass is 10.3. The molecule has 2 nitrogen and oxygen atoms in total. The van der Waals surface area contributed by atoms with Crippen molar-refractivity contribution in [3.05, 3.63) is 0 Å². The topological polar surface area (TPSA) is 35.8 Å². The highest BCUT2D eigenvalue weighted by Gasteiger charge is 2.38. The molecule has 0 fully saturated rings. The van der Waals surface area contributed by atoms with E-state index < -0.39 is 12.2 Å². The van der Waals surface area contributed by atoms with E-state index in [0.717, 1.165) is 13.1 Å². The van der Waals surface area contributed by atoms with Crippen LogP contribution in [0.15, 0.2) is 0 Å². The largest absolute Gasteiger partial charge is 0.417 e. The molecule has 1 N–H and O–H groups in total. The molecule has 0 rings (SSSR count). The van der Waals surface area contributed by atoms with Gasteiger partial charge in [0.25, 0.3) is 0 Å². The van der Waals surface area contributed by atoms with Crippen molar-refractivity contribution in [3.8, 4) is 6.07 Å². The molecular weight excluding hydrogens is 133 g/mol. The number of nitrogens with one attached hydrogen (secondary N) is 1. The Bertz CT molecular complexity index is 123. The zero-order chi connectivity index (χ0) is 7.49. The summed E-state index contributed by atoms with van der Waals surface area (Å²) in [6.07, 6.45) is -4.45. The van der Waals surface area contributed by atoms with Gasteiger partial charge in [0.1, 0.15) is 0 Å². The monoisotopic (exact) mass is 138 g/mol. The second-order valence-corrected chi connectivity index (χ2v) is 1.39. The third kappa shape index (κ3) is 2.33. The van der Waals surface area contributed by atoms with Crippen molar-refractivity contribution < 1.29 is 13.2 Å². The summed E-state index contributed by atoms with van der Waals surface area (Å²) < 4.78 is 34.3. The lowest BCUT2D eigenvalue weighted by Crippen LogP contribution is -2.38. The summed E-state index contributed by atoms with van der Waals surface area (Å²) in [6, 6.07) is -0.988. The molecule has 5 heteroatoms. The molecule has 1 unspecified atom stereocenters. The molecule has 0 aliphatic rings. The minimum absolute atomic E-state index is 1.06. The van der Waals surface area contributed by atoms with E-state index in [2.05, 4.69) is 0 Å². The van der Waals surface area contributed by atoms with Gasteiger partial charge in [0.15, 0.2) is 6.04 Å². The molecule has 0 radical (unpaired) electrons. The fourth-order valence-electron chi connectivity index (χ4n) is 0.301. The average Bonchev–Trinajstić information content (AvgIpc) is 1.65. The minimum atomic E-state index is -4.45. The Balaban J connectivity index is 4.00. The lowest BCUT2D eigenvalue weighted by molar-refractivity contribution is -0.141. The van der Waals surface area contributed by atoms with Crippen molar-refractivity contribution in [2.45, 2.75) is 12.2 Å². The molecule has 1 atom stereocenters. The maximum Gasteiger partial charge on any atom is 0.417 e. The summed E-state index contributed by atoms with van der Waals surface area (Å²) in [6.45, 7) is 0. The fourth-order valence-corrected chi connectivity index (χ4v) is 0.301. The van der Waals surface area contributed by atoms with Crippen LogP contribution in [0, 0.1) is 11.3 Å². The molecule has 0 amide bonds. The molecule has 0 bridgehead atoms. The van der Waals surface area contributed by atoms with Crippen LogP contribution < -0.4 is 5.32 Å². The Morgan fingerprint density at radius 2 is 2.00 bits per heavy atom. The Kier molecular flexibility index (Phi) is 2.46. The maximum absolute atomic E-state index is 11.4. The van der Waals surface area contributed by atoms with Gasteiger partial charge in [0, 0.05) is 0 Å². The van der Waals surface area contributed by atoms with Gasteiger partial charge in [-0.1, -0.05) is 0 Å². The van der Waals surface area contributed by atoms with Gasteiger partial charge in [-0.25, -0.2) is 0 Å². The molecule has 0 aromatic carbocycles. The fraction of sp³-hybridized carbons (Fsp3) is 0.750. The highest BCUT2D eigenvalue weighted by Crippen LogP contribution is 2.18. The number of rotatable bonds is 1. The van der Waals surface area contributed by atoms with Crippen LogP contribution >= 0.6 is 0 Å². The second-order valence-electron chi connectivity index (χ2n) is 1.39. The first-order valence-corrected chi connectivity index (χ1v) is 2.16. The number of nitrogens with zero attached hydrogens (tertiary/aromatic N) is 1. The molecule has 0 heterocycles. The molecule has 0 spiro atoms. The standard InChI is InChI=1S/C4H5F3N2/c1-9-3(2-8)4(5,6)7/h3,9H,1H3. The van der Waals surface area contributed by atoms with E-state index in [0.29, 0.717) is 0 Å². The summed E-state index contributed by atoms with van der Waals surface area (Å²) in [4.78, 5) is 0. The first kappa shape index (κ1) is 8.24. The number of hydrogen-bond acceptors (Lipinski definition) is 2. The quantitative estimate of drug-likeness (QED) is 0.577. The number of halogens is 3. The highest BCUT2D eigenvalue weighted by molar-refractivity contribution is 4.94. The van der Waals surface area contributed by atoms with Crippen molar-refractivity contribution in [1.82, 2.24) is 5.32 Å². The Morgan fingerprint density at radius 1 is 1.56 bits per heavy atom. The average molecular weight is 138 g/mol. The Labute approximate surface area is 50.3 Å². The van der Waals surface area contributed by atoms with E-state index in [1.165, 1.54) is 0 Å². The Hall–Kier alpha value is -0.760. The summed E-state index contributed by atoms with van der Waals surface area (Å²) in [5, 5.41) is 9.63. The first-order chi connectivity index (χ1) is 4.02. The SMILES string of the molecule is CNC(C#N)C(F)(F)F. The summed E-state index contributed by atoms with van der Waals surface area (Å²) in [5.41, 5.74) is 0. The molecule has 0 aromatic heterocycles. The van der Waals surface area contributed by atoms with Crippen LogP contribution in [0.25, 0.3) is 0 Å². The molecule has 0 aliphatic carbocycles. The van der Waals surface area contributed by atoms with Crippen LogP contribution in [-0.2, 0) is 0 Å². The lowest BCUT2D eigenvalue weighted by Gasteiger charge is -2.10. The van der Waals surface area contributed by atoms with Crippen molar-refractivity contribution in [3.63, 3.8) is 0 Å². The number of hydrogen-bond donors (Lipinski definition) is 1. The second kappa shape index (κ2) is 2.69. The smallest absolute Gasteiger partial charge is 0.297 e. The van der Waals surface area contributed by atoms with E-state index in [1.54, 1.807) is 5.32 Å². The summed E-state index contributed by atoms with van der Waals surface area (Å²) in [7, 11) is 1.08. The van der Waals surface area contributed by atoms with Gasteiger partial charge >= 0.3 is 6.18 Å². The van der Waals surface area contributed by atoms with Crippen LogP contribution in [0.5, 0.6) is 0 Å². The van der Waals surface area contributed by atoms with Crippen molar-refractivity contribution >= 4 is 0 Å². The van der Waals surface area contributed by atoms with Gasteiger partial charge in [-0.15, -0.1) is 0 Å². The minimum Gasteiger partial charge on any atom is -0.297 e. The van der Waals surface area contributed by atoms with Crippen LogP contribution in [0.4, 0.5) is 13.2 Å². The summed E-state index contributed by atoms with van der Waals surface area (Å²) in [5.74, 6) is 0. The molecule has 9 heavy (non-hydrogen) atoms. The Morgan fingerprint density at radius 3 is 2.00 bits per heavy atom.